The number of rotatable bonds is 5. The Morgan fingerprint density at radius 1 is 1.13 bits per heavy atom. The average Bonchev–Trinajstić information content (AvgIpc) is 2.77. The molecule has 1 saturated heterocycles. The van der Waals surface area contributed by atoms with Crippen LogP contribution in [0.25, 0.3) is 22.1 Å². The predicted molar refractivity (Wildman–Crippen MR) is 120 cm³/mol. The number of benzene rings is 2. The lowest BCUT2D eigenvalue weighted by atomic mass is 9.96. The number of ether oxygens (including phenoxy) is 2. The molecule has 1 aromatic heterocycles. The first-order valence-corrected chi connectivity index (χ1v) is 10.8. The zero-order chi connectivity index (χ0) is 22.1. The van der Waals surface area contributed by atoms with Gasteiger partial charge in [0.2, 0.25) is 0 Å². The number of phenols is 1. The summed E-state index contributed by atoms with van der Waals surface area (Å²) in [6, 6.07) is 9.43. The highest BCUT2D eigenvalue weighted by Gasteiger charge is 2.26. The number of aromatic hydroxyl groups is 1. The molecule has 0 saturated carbocycles. The Hall–Kier alpha value is -2.99. The first-order chi connectivity index (χ1) is 14.9. The molecule has 0 radical (unpaired) electrons. The number of phenolic OH excluding ortho intramolecular Hbond substituents is 1. The van der Waals surface area contributed by atoms with E-state index in [1.165, 1.54) is 24.2 Å². The molecule has 3 aromatic rings. The number of quaternary nitrogens is 1. The summed E-state index contributed by atoms with van der Waals surface area (Å²) in [4.78, 5) is 14.5. The highest BCUT2D eigenvalue weighted by Crippen LogP contribution is 2.35. The number of hydrogen-bond donors (Lipinski definition) is 2. The summed E-state index contributed by atoms with van der Waals surface area (Å²) in [6.07, 6.45) is 3.60. The van der Waals surface area contributed by atoms with Crippen molar-refractivity contribution in [3.05, 3.63) is 51.9 Å². The van der Waals surface area contributed by atoms with Gasteiger partial charge in [0, 0.05) is 5.39 Å². The van der Waals surface area contributed by atoms with E-state index in [0.717, 1.165) is 17.5 Å². The van der Waals surface area contributed by atoms with Crippen molar-refractivity contribution >= 4 is 11.0 Å². The Balaban J connectivity index is 1.85. The van der Waals surface area contributed by atoms with E-state index >= 15 is 0 Å². The number of piperidine rings is 1. The van der Waals surface area contributed by atoms with E-state index in [1.54, 1.807) is 32.4 Å². The van der Waals surface area contributed by atoms with Crippen molar-refractivity contribution in [1.82, 2.24) is 0 Å². The number of hydrogen-bond acceptors (Lipinski definition) is 5. The quantitative estimate of drug-likeness (QED) is 0.614. The van der Waals surface area contributed by atoms with Crippen LogP contribution in [0.3, 0.4) is 0 Å². The molecule has 2 atom stereocenters. The summed E-state index contributed by atoms with van der Waals surface area (Å²) in [7, 11) is 3.14. The number of methoxy groups -OCH3 is 2. The van der Waals surface area contributed by atoms with Gasteiger partial charge in [0.25, 0.3) is 0 Å². The number of aryl methyl sites for hydroxylation is 1. The Bertz CT molecular complexity index is 1170. The van der Waals surface area contributed by atoms with Crippen LogP contribution in [0.1, 0.15) is 37.3 Å². The topological polar surface area (TPSA) is 73.3 Å². The van der Waals surface area contributed by atoms with Crippen LogP contribution in [0, 0.1) is 6.92 Å². The van der Waals surface area contributed by atoms with Crippen molar-refractivity contribution < 1.29 is 23.9 Å². The molecule has 4 rings (SSSR count). The second kappa shape index (κ2) is 8.63. The van der Waals surface area contributed by atoms with Gasteiger partial charge in [0.15, 0.2) is 17.1 Å². The standard InChI is InChI=1S/C25H29NO5/c1-15-7-5-6-12-26(15)14-19-20(27)10-9-18-16(2)23(25(28)31-24(18)19)17-8-11-21(29-3)22(13-17)30-4/h8-11,13,15,27H,5-7,12,14H2,1-4H3/p+1/t15-/m1/s1. The van der Waals surface area contributed by atoms with Crippen molar-refractivity contribution in [2.45, 2.75) is 45.7 Å². The average molecular weight is 425 g/mol. The molecule has 1 fully saturated rings. The molecule has 0 aliphatic carbocycles. The second-order valence-electron chi connectivity index (χ2n) is 8.38. The highest BCUT2D eigenvalue weighted by molar-refractivity contribution is 5.90. The van der Waals surface area contributed by atoms with Crippen molar-refractivity contribution in [2.75, 3.05) is 20.8 Å². The van der Waals surface area contributed by atoms with E-state index in [4.69, 9.17) is 13.9 Å². The van der Waals surface area contributed by atoms with Gasteiger partial charge in [-0.15, -0.1) is 0 Å². The minimum absolute atomic E-state index is 0.180. The first-order valence-electron chi connectivity index (χ1n) is 10.8. The van der Waals surface area contributed by atoms with Crippen LogP contribution in [0.4, 0.5) is 0 Å². The fourth-order valence-corrected chi connectivity index (χ4v) is 4.70. The summed E-state index contributed by atoms with van der Waals surface area (Å²) >= 11 is 0. The molecular weight excluding hydrogens is 394 g/mol. The van der Waals surface area contributed by atoms with Crippen LogP contribution in [0.5, 0.6) is 17.2 Å². The van der Waals surface area contributed by atoms with E-state index in [9.17, 15) is 9.90 Å². The smallest absolute Gasteiger partial charge is 0.344 e. The SMILES string of the molecule is COc1ccc(-c2c(C)c3ccc(O)c(C[NH+]4CCCC[C@H]4C)c3oc2=O)cc1OC. The van der Waals surface area contributed by atoms with E-state index in [-0.39, 0.29) is 5.75 Å². The second-order valence-corrected chi connectivity index (χ2v) is 8.38. The Kier molecular flexibility index (Phi) is 5.92. The zero-order valence-corrected chi connectivity index (χ0v) is 18.6. The summed E-state index contributed by atoms with van der Waals surface area (Å²) in [5.74, 6) is 1.33. The third-order valence-electron chi connectivity index (χ3n) is 6.57. The van der Waals surface area contributed by atoms with Gasteiger partial charge in [-0.1, -0.05) is 6.07 Å². The van der Waals surface area contributed by atoms with Gasteiger partial charge in [-0.25, -0.2) is 4.79 Å². The van der Waals surface area contributed by atoms with Gasteiger partial charge in [0.1, 0.15) is 12.3 Å². The van der Waals surface area contributed by atoms with E-state index < -0.39 is 5.63 Å². The van der Waals surface area contributed by atoms with E-state index in [0.29, 0.717) is 46.4 Å². The van der Waals surface area contributed by atoms with Crippen molar-refractivity contribution in [1.29, 1.82) is 0 Å². The van der Waals surface area contributed by atoms with E-state index in [2.05, 4.69) is 6.92 Å². The van der Waals surface area contributed by atoms with Gasteiger partial charge >= 0.3 is 5.63 Å². The van der Waals surface area contributed by atoms with Gasteiger partial charge < -0.3 is 23.9 Å². The lowest BCUT2D eigenvalue weighted by molar-refractivity contribution is -0.941. The number of fused-ring (bicyclic) bond motifs is 1. The van der Waals surface area contributed by atoms with Gasteiger partial charge in [-0.05, 0) is 68.5 Å². The van der Waals surface area contributed by atoms with Crippen molar-refractivity contribution in [3.8, 4) is 28.4 Å². The van der Waals surface area contributed by atoms with Gasteiger partial charge in [-0.3, -0.25) is 0 Å². The van der Waals surface area contributed by atoms with Crippen LogP contribution < -0.4 is 20.0 Å². The molecule has 6 heteroatoms. The van der Waals surface area contributed by atoms with Crippen LogP contribution >= 0.6 is 0 Å². The highest BCUT2D eigenvalue weighted by atomic mass is 16.5. The Morgan fingerprint density at radius 2 is 1.90 bits per heavy atom. The van der Waals surface area contributed by atoms with Crippen LogP contribution in [-0.4, -0.2) is 31.9 Å². The lowest BCUT2D eigenvalue weighted by Crippen LogP contribution is -3.14. The summed E-state index contributed by atoms with van der Waals surface area (Å²) in [5, 5.41) is 11.4. The molecule has 2 aromatic carbocycles. The number of likely N-dealkylation sites (tertiary alicyclic amines) is 1. The van der Waals surface area contributed by atoms with Crippen LogP contribution in [-0.2, 0) is 6.54 Å². The third-order valence-corrected chi connectivity index (χ3v) is 6.57. The Morgan fingerprint density at radius 3 is 2.61 bits per heavy atom. The lowest BCUT2D eigenvalue weighted by Gasteiger charge is -2.30. The maximum atomic E-state index is 13.1. The normalized spacial score (nSPS) is 18.8. The van der Waals surface area contributed by atoms with Crippen LogP contribution in [0.2, 0.25) is 0 Å². The molecule has 2 heterocycles. The maximum absolute atomic E-state index is 13.1. The Labute approximate surface area is 182 Å². The van der Waals surface area contributed by atoms with Gasteiger partial charge in [0.05, 0.1) is 37.9 Å². The molecule has 1 aliphatic rings. The molecule has 2 N–H and O–H groups in total. The molecule has 1 unspecified atom stereocenters. The maximum Gasteiger partial charge on any atom is 0.344 e. The van der Waals surface area contributed by atoms with E-state index in [1.807, 2.05) is 19.1 Å². The summed E-state index contributed by atoms with van der Waals surface area (Å²) in [6.45, 7) is 5.86. The molecule has 0 bridgehead atoms. The summed E-state index contributed by atoms with van der Waals surface area (Å²) < 4.78 is 16.6. The molecule has 164 valence electrons. The fourth-order valence-electron chi connectivity index (χ4n) is 4.70. The third kappa shape index (κ3) is 3.88. The molecular formula is C25H30NO5+. The monoisotopic (exact) mass is 424 g/mol. The molecule has 0 amide bonds. The van der Waals surface area contributed by atoms with Gasteiger partial charge in [-0.2, -0.15) is 0 Å². The minimum Gasteiger partial charge on any atom is -0.507 e. The minimum atomic E-state index is -0.425. The van der Waals surface area contributed by atoms with Crippen LogP contribution in [0.15, 0.2) is 39.5 Å². The molecule has 0 spiro atoms. The zero-order valence-electron chi connectivity index (χ0n) is 18.6. The summed E-state index contributed by atoms with van der Waals surface area (Å²) in [5.41, 5.74) is 2.78. The number of nitrogens with one attached hydrogen (secondary N) is 1. The largest absolute Gasteiger partial charge is 0.507 e. The molecule has 1 aliphatic heterocycles. The predicted octanol–water partition coefficient (Wildman–Crippen LogP) is 3.45. The fraction of sp³-hybridized carbons (Fsp3) is 0.400. The van der Waals surface area contributed by atoms with Crippen molar-refractivity contribution in [3.63, 3.8) is 0 Å². The molecule has 31 heavy (non-hydrogen) atoms. The first kappa shape index (κ1) is 21.2. The molecule has 6 nitrogen and oxygen atoms in total. The van der Waals surface area contributed by atoms with Crippen molar-refractivity contribution in [2.24, 2.45) is 0 Å².